The molecule has 1 N–H and O–H groups in total. The topological polar surface area (TPSA) is 75.7 Å². The van der Waals surface area contributed by atoms with E-state index in [1.807, 2.05) is 6.07 Å². The van der Waals surface area contributed by atoms with Crippen molar-refractivity contribution in [1.82, 2.24) is 4.90 Å². The predicted octanol–water partition coefficient (Wildman–Crippen LogP) is 7.77. The molecule has 6 nitrogen and oxygen atoms in total. The second-order valence-electron chi connectivity index (χ2n) is 7.51. The van der Waals surface area contributed by atoms with Gasteiger partial charge in [-0.05, 0) is 91.7 Å². The van der Waals surface area contributed by atoms with Crippen molar-refractivity contribution in [1.29, 1.82) is 0 Å². The van der Waals surface area contributed by atoms with Gasteiger partial charge in [0.1, 0.15) is 18.9 Å². The summed E-state index contributed by atoms with van der Waals surface area (Å²) in [6.07, 6.45) is 1.60. The zero-order valence-electron chi connectivity index (χ0n) is 18.3. The number of anilines is 1. The monoisotopic (exact) mass is 668 g/mol. The SMILES string of the molecule is O=C(CN1C(=O)S/C(=C/c2ccc(OCc3ccc(Cl)cc3Cl)c(Br)c2)C1=O)Nc1ccccc1Br. The highest BCUT2D eigenvalue weighted by atomic mass is 79.9. The molecule has 4 rings (SSSR count). The van der Waals surface area contributed by atoms with Crippen LogP contribution in [0.25, 0.3) is 6.08 Å². The quantitative estimate of drug-likeness (QED) is 0.260. The van der Waals surface area contributed by atoms with Gasteiger partial charge in [-0.15, -0.1) is 0 Å². The van der Waals surface area contributed by atoms with Gasteiger partial charge in [0.15, 0.2) is 0 Å². The number of imide groups is 1. The van der Waals surface area contributed by atoms with E-state index in [0.717, 1.165) is 22.2 Å². The number of benzene rings is 3. The van der Waals surface area contributed by atoms with Gasteiger partial charge in [0.2, 0.25) is 5.91 Å². The van der Waals surface area contributed by atoms with E-state index in [1.54, 1.807) is 60.7 Å². The maximum Gasteiger partial charge on any atom is 0.294 e. The zero-order valence-corrected chi connectivity index (χ0v) is 23.8. The Morgan fingerprint density at radius 3 is 2.53 bits per heavy atom. The Kier molecular flexibility index (Phi) is 8.79. The number of carbonyl (C=O) groups excluding carboxylic acids is 3. The third-order valence-electron chi connectivity index (χ3n) is 4.98. The van der Waals surface area contributed by atoms with Crippen molar-refractivity contribution < 1.29 is 19.1 Å². The van der Waals surface area contributed by atoms with Crippen LogP contribution in [0.3, 0.4) is 0 Å². The average molecular weight is 671 g/mol. The Morgan fingerprint density at radius 1 is 1.03 bits per heavy atom. The largest absolute Gasteiger partial charge is 0.488 e. The van der Waals surface area contributed by atoms with Crippen LogP contribution in [0.1, 0.15) is 11.1 Å². The second-order valence-corrected chi connectivity index (χ2v) is 11.1. The van der Waals surface area contributed by atoms with Crippen LogP contribution >= 0.6 is 66.8 Å². The van der Waals surface area contributed by atoms with Crippen molar-refractivity contribution in [2.24, 2.45) is 0 Å². The first-order valence-electron chi connectivity index (χ1n) is 10.4. The molecule has 11 heteroatoms. The first kappa shape index (κ1) is 26.8. The van der Waals surface area contributed by atoms with Crippen molar-refractivity contribution >= 4 is 95.6 Å². The normalized spacial score (nSPS) is 14.4. The molecule has 3 aromatic carbocycles. The van der Waals surface area contributed by atoms with E-state index in [2.05, 4.69) is 37.2 Å². The lowest BCUT2D eigenvalue weighted by Crippen LogP contribution is -2.36. The standard InChI is InChI=1S/C25H16Br2Cl2N2O4S/c26-17-3-1-2-4-20(17)30-23(32)12-31-24(33)22(36-25(31)34)10-14-5-8-21(18(27)9-14)35-13-15-6-7-16(28)11-19(15)29/h1-11H,12-13H2,(H,30,32)/b22-10+. The van der Waals surface area contributed by atoms with Crippen LogP contribution in [0, 0.1) is 0 Å². The number of nitrogens with one attached hydrogen (secondary N) is 1. The first-order chi connectivity index (χ1) is 17.2. The molecular formula is C25H16Br2Cl2N2O4S. The summed E-state index contributed by atoms with van der Waals surface area (Å²) in [5.74, 6) is -0.424. The molecule has 0 radical (unpaired) electrons. The minimum atomic E-state index is -0.527. The smallest absolute Gasteiger partial charge is 0.294 e. The van der Waals surface area contributed by atoms with Crippen molar-refractivity contribution in [3.8, 4) is 5.75 Å². The number of amides is 3. The minimum absolute atomic E-state index is 0.224. The lowest BCUT2D eigenvalue weighted by Gasteiger charge is -2.13. The third kappa shape index (κ3) is 6.52. The molecule has 0 bridgehead atoms. The summed E-state index contributed by atoms with van der Waals surface area (Å²) in [7, 11) is 0. The second kappa shape index (κ2) is 11.8. The highest BCUT2D eigenvalue weighted by Crippen LogP contribution is 2.34. The maximum atomic E-state index is 12.8. The summed E-state index contributed by atoms with van der Waals surface area (Å²) in [6.45, 7) is -0.137. The van der Waals surface area contributed by atoms with E-state index >= 15 is 0 Å². The molecular weight excluding hydrogens is 655 g/mol. The van der Waals surface area contributed by atoms with Crippen LogP contribution in [0.15, 0.2) is 74.5 Å². The van der Waals surface area contributed by atoms with Gasteiger partial charge in [-0.2, -0.15) is 0 Å². The van der Waals surface area contributed by atoms with E-state index in [1.165, 1.54) is 0 Å². The molecule has 0 saturated carbocycles. The summed E-state index contributed by atoms with van der Waals surface area (Å²) < 4.78 is 7.20. The van der Waals surface area contributed by atoms with Crippen LogP contribution in [0.5, 0.6) is 5.75 Å². The number of thioether (sulfide) groups is 1. The number of rotatable bonds is 7. The van der Waals surface area contributed by atoms with Crippen LogP contribution in [-0.2, 0) is 16.2 Å². The third-order valence-corrected chi connectivity index (χ3v) is 7.78. The fraction of sp³-hybridized carbons (Fsp3) is 0.0800. The van der Waals surface area contributed by atoms with Gasteiger partial charge in [-0.3, -0.25) is 19.3 Å². The van der Waals surface area contributed by atoms with Gasteiger partial charge in [0, 0.05) is 20.1 Å². The Hall–Kier alpha value is -2.30. The number of carbonyl (C=O) groups is 3. The van der Waals surface area contributed by atoms with Crippen LogP contribution < -0.4 is 10.1 Å². The number of hydrogen-bond donors (Lipinski definition) is 1. The minimum Gasteiger partial charge on any atom is -0.488 e. The molecule has 0 spiro atoms. The van der Waals surface area contributed by atoms with E-state index in [0.29, 0.717) is 36.0 Å². The number of hydrogen-bond acceptors (Lipinski definition) is 5. The van der Waals surface area contributed by atoms with Crippen molar-refractivity contribution in [2.75, 3.05) is 11.9 Å². The maximum absolute atomic E-state index is 12.8. The average Bonchev–Trinajstić information content (AvgIpc) is 3.08. The fourth-order valence-corrected chi connectivity index (χ4v) is 5.40. The zero-order chi connectivity index (χ0) is 25.8. The molecule has 0 unspecified atom stereocenters. The summed E-state index contributed by atoms with van der Waals surface area (Å²) >= 11 is 19.7. The molecule has 0 aromatic heterocycles. The summed E-state index contributed by atoms with van der Waals surface area (Å²) in [4.78, 5) is 38.8. The lowest BCUT2D eigenvalue weighted by molar-refractivity contribution is -0.127. The Labute approximate surface area is 238 Å². The van der Waals surface area contributed by atoms with Gasteiger partial charge < -0.3 is 10.1 Å². The van der Waals surface area contributed by atoms with Gasteiger partial charge >= 0.3 is 0 Å². The first-order valence-corrected chi connectivity index (χ1v) is 13.5. The van der Waals surface area contributed by atoms with Gasteiger partial charge in [0.25, 0.3) is 11.1 Å². The lowest BCUT2D eigenvalue weighted by atomic mass is 10.2. The van der Waals surface area contributed by atoms with Gasteiger partial charge in [-0.1, -0.05) is 47.5 Å². The Morgan fingerprint density at radius 2 is 1.81 bits per heavy atom. The van der Waals surface area contributed by atoms with Gasteiger partial charge in [0.05, 0.1) is 15.1 Å². The highest BCUT2D eigenvalue weighted by Gasteiger charge is 2.36. The predicted molar refractivity (Wildman–Crippen MR) is 150 cm³/mol. The molecule has 1 aliphatic rings. The number of ether oxygens (including phenoxy) is 1. The van der Waals surface area contributed by atoms with E-state index in [9.17, 15) is 14.4 Å². The van der Waals surface area contributed by atoms with Crippen LogP contribution in [0.4, 0.5) is 10.5 Å². The summed E-state index contributed by atoms with van der Waals surface area (Å²) in [6, 6.07) is 17.5. The molecule has 0 aliphatic carbocycles. The summed E-state index contributed by atoms with van der Waals surface area (Å²) in [5.41, 5.74) is 2.02. The Bertz CT molecular complexity index is 1400. The molecule has 1 aliphatic heterocycles. The molecule has 36 heavy (non-hydrogen) atoms. The highest BCUT2D eigenvalue weighted by molar-refractivity contribution is 9.11. The van der Waals surface area contributed by atoms with E-state index in [4.69, 9.17) is 27.9 Å². The van der Waals surface area contributed by atoms with Crippen LogP contribution in [0.2, 0.25) is 10.0 Å². The van der Waals surface area contributed by atoms with Crippen LogP contribution in [-0.4, -0.2) is 28.5 Å². The van der Waals surface area contributed by atoms with E-state index in [-0.39, 0.29) is 18.1 Å². The van der Waals surface area contributed by atoms with Crippen molar-refractivity contribution in [3.05, 3.63) is 95.7 Å². The number of halogens is 4. The van der Waals surface area contributed by atoms with Gasteiger partial charge in [-0.25, -0.2) is 0 Å². The molecule has 3 aromatic rings. The molecule has 184 valence electrons. The fourth-order valence-electron chi connectivity index (χ4n) is 3.20. The molecule has 0 atom stereocenters. The molecule has 1 saturated heterocycles. The van der Waals surface area contributed by atoms with E-state index < -0.39 is 17.1 Å². The van der Waals surface area contributed by atoms with Crippen molar-refractivity contribution in [2.45, 2.75) is 6.61 Å². The number of nitrogens with zero attached hydrogens (tertiary/aromatic N) is 1. The summed E-state index contributed by atoms with van der Waals surface area (Å²) in [5, 5.41) is 3.24. The Balaban J connectivity index is 1.41. The molecule has 3 amide bonds. The molecule has 1 heterocycles. The van der Waals surface area contributed by atoms with Crippen molar-refractivity contribution in [3.63, 3.8) is 0 Å². The number of para-hydroxylation sites is 1. The molecule has 1 fully saturated rings.